The van der Waals surface area contributed by atoms with Crippen LogP contribution in [0.1, 0.15) is 11.1 Å². The smallest absolute Gasteiger partial charge is 0.270 e. The number of nitrogens with one attached hydrogen (secondary N) is 2. The third kappa shape index (κ3) is 5.50. The van der Waals surface area contributed by atoms with Crippen molar-refractivity contribution < 1.29 is 19.6 Å². The second-order valence-electron chi connectivity index (χ2n) is 8.65. The number of non-ortho nitro benzene ring substituents is 1. The third-order valence-corrected chi connectivity index (χ3v) is 6.12. The first-order valence-electron chi connectivity index (χ1n) is 11.8. The Hall–Kier alpha value is -4.54. The van der Waals surface area contributed by atoms with Gasteiger partial charge in [0.1, 0.15) is 0 Å². The SMILES string of the molecule is O=C(CN1CCOCC1)Nc1ccc(N=C(c2ccccc2)c2c(O)[nH]c3ccc([N+](=O)[O-])cc23)cc1. The highest BCUT2D eigenvalue weighted by Gasteiger charge is 2.21. The largest absolute Gasteiger partial charge is 0.494 e. The van der Waals surface area contributed by atoms with E-state index in [1.165, 1.54) is 12.1 Å². The Kier molecular flexibility index (Phi) is 6.93. The number of amides is 1. The van der Waals surface area contributed by atoms with Gasteiger partial charge in [-0.1, -0.05) is 30.3 Å². The second-order valence-corrected chi connectivity index (χ2v) is 8.65. The fourth-order valence-corrected chi connectivity index (χ4v) is 4.29. The molecule has 0 atom stereocenters. The zero-order valence-corrected chi connectivity index (χ0v) is 19.9. The summed E-state index contributed by atoms with van der Waals surface area (Å²) in [5.41, 5.74) is 3.25. The van der Waals surface area contributed by atoms with Gasteiger partial charge in [0.2, 0.25) is 5.91 Å². The molecule has 1 aliphatic rings. The average Bonchev–Trinajstić information content (AvgIpc) is 3.24. The number of nitro benzene ring substituents is 1. The molecule has 10 nitrogen and oxygen atoms in total. The molecule has 1 aliphatic heterocycles. The molecule has 2 heterocycles. The lowest BCUT2D eigenvalue weighted by atomic mass is 10.0. The van der Waals surface area contributed by atoms with Crippen molar-refractivity contribution in [2.45, 2.75) is 0 Å². The molecule has 3 N–H and O–H groups in total. The monoisotopic (exact) mass is 499 g/mol. The number of rotatable bonds is 7. The number of morpholine rings is 1. The quantitative estimate of drug-likeness (QED) is 0.198. The van der Waals surface area contributed by atoms with E-state index in [2.05, 4.69) is 10.3 Å². The molecule has 0 saturated carbocycles. The van der Waals surface area contributed by atoms with Crippen LogP contribution in [0.15, 0.2) is 77.8 Å². The van der Waals surface area contributed by atoms with E-state index in [0.29, 0.717) is 53.3 Å². The summed E-state index contributed by atoms with van der Waals surface area (Å²) in [4.78, 5) is 33.1. The lowest BCUT2D eigenvalue weighted by molar-refractivity contribution is -0.384. The van der Waals surface area contributed by atoms with Crippen LogP contribution in [-0.4, -0.2) is 64.4 Å². The van der Waals surface area contributed by atoms with E-state index < -0.39 is 4.92 Å². The van der Waals surface area contributed by atoms with Crippen molar-refractivity contribution in [3.05, 3.63) is 94.0 Å². The third-order valence-electron chi connectivity index (χ3n) is 6.12. The summed E-state index contributed by atoms with van der Waals surface area (Å²) in [5, 5.41) is 25.6. The van der Waals surface area contributed by atoms with Crippen LogP contribution in [0.25, 0.3) is 10.9 Å². The molecular formula is C27H25N5O5. The van der Waals surface area contributed by atoms with Crippen LogP contribution >= 0.6 is 0 Å². The number of anilines is 1. The minimum atomic E-state index is -0.474. The molecule has 0 aliphatic carbocycles. The minimum absolute atomic E-state index is 0.0858. The highest BCUT2D eigenvalue weighted by molar-refractivity contribution is 6.22. The molecule has 3 aromatic carbocycles. The van der Waals surface area contributed by atoms with Crippen molar-refractivity contribution in [1.82, 2.24) is 9.88 Å². The molecule has 1 aromatic heterocycles. The van der Waals surface area contributed by atoms with Crippen molar-refractivity contribution in [1.29, 1.82) is 0 Å². The summed E-state index contributed by atoms with van der Waals surface area (Å²) < 4.78 is 5.32. The summed E-state index contributed by atoms with van der Waals surface area (Å²) in [7, 11) is 0. The van der Waals surface area contributed by atoms with Crippen molar-refractivity contribution in [2.24, 2.45) is 4.99 Å². The number of hydrogen-bond acceptors (Lipinski definition) is 7. The fraction of sp³-hybridized carbons (Fsp3) is 0.185. The first-order chi connectivity index (χ1) is 18.0. The zero-order chi connectivity index (χ0) is 25.8. The van der Waals surface area contributed by atoms with Crippen molar-refractivity contribution in [3.63, 3.8) is 0 Å². The number of carbonyl (C=O) groups excluding carboxylic acids is 1. The van der Waals surface area contributed by atoms with Crippen LogP contribution in [-0.2, 0) is 9.53 Å². The number of carbonyl (C=O) groups is 1. The molecule has 0 spiro atoms. The molecule has 1 fully saturated rings. The van der Waals surface area contributed by atoms with Gasteiger partial charge in [-0.2, -0.15) is 0 Å². The van der Waals surface area contributed by atoms with E-state index in [1.807, 2.05) is 35.2 Å². The predicted octanol–water partition coefficient (Wildman–Crippen LogP) is 4.22. The zero-order valence-electron chi connectivity index (χ0n) is 19.9. The Labute approximate surface area is 212 Å². The van der Waals surface area contributed by atoms with E-state index in [0.717, 1.165) is 18.7 Å². The second kappa shape index (κ2) is 10.6. The van der Waals surface area contributed by atoms with Crippen LogP contribution in [0.3, 0.4) is 0 Å². The molecular weight excluding hydrogens is 474 g/mol. The number of H-pyrrole nitrogens is 1. The Balaban J connectivity index is 1.46. The molecule has 0 bridgehead atoms. The van der Waals surface area contributed by atoms with Gasteiger partial charge in [-0.3, -0.25) is 19.8 Å². The van der Waals surface area contributed by atoms with E-state index in [-0.39, 0.29) is 17.5 Å². The first kappa shape index (κ1) is 24.2. The summed E-state index contributed by atoms with van der Waals surface area (Å²) in [6.07, 6.45) is 0. The number of aromatic amines is 1. The number of aromatic nitrogens is 1. The standard InChI is InChI=1S/C27H25N5O5/c33-24(17-31-12-14-37-15-13-31)28-19-6-8-20(9-7-19)29-26(18-4-2-1-3-5-18)25-22-16-21(32(35)36)10-11-23(22)30-27(25)34/h1-11,16,30,34H,12-15,17H2,(H,28,33). The van der Waals surface area contributed by atoms with E-state index >= 15 is 0 Å². The normalized spacial score (nSPS) is 14.5. The van der Waals surface area contributed by atoms with Gasteiger partial charge in [-0.15, -0.1) is 0 Å². The van der Waals surface area contributed by atoms with Crippen LogP contribution in [0, 0.1) is 10.1 Å². The number of nitro groups is 1. The molecule has 5 rings (SSSR count). The lowest BCUT2D eigenvalue weighted by Crippen LogP contribution is -2.41. The van der Waals surface area contributed by atoms with Gasteiger partial charge in [0, 0.05) is 47.4 Å². The molecule has 1 saturated heterocycles. The van der Waals surface area contributed by atoms with Crippen LogP contribution in [0.5, 0.6) is 5.88 Å². The Morgan fingerprint density at radius 2 is 1.81 bits per heavy atom. The Bertz CT molecular complexity index is 1460. The Morgan fingerprint density at radius 3 is 2.51 bits per heavy atom. The highest BCUT2D eigenvalue weighted by atomic mass is 16.6. The molecule has 0 unspecified atom stereocenters. The van der Waals surface area contributed by atoms with Crippen LogP contribution in [0.4, 0.5) is 17.1 Å². The number of aromatic hydroxyl groups is 1. The molecule has 10 heteroatoms. The van der Waals surface area contributed by atoms with Gasteiger partial charge >= 0.3 is 0 Å². The molecule has 1 amide bonds. The minimum Gasteiger partial charge on any atom is -0.494 e. The number of fused-ring (bicyclic) bond motifs is 1. The van der Waals surface area contributed by atoms with Crippen molar-refractivity contribution in [3.8, 4) is 5.88 Å². The van der Waals surface area contributed by atoms with Gasteiger partial charge in [-0.25, -0.2) is 4.99 Å². The van der Waals surface area contributed by atoms with Crippen molar-refractivity contribution >= 4 is 39.6 Å². The highest BCUT2D eigenvalue weighted by Crippen LogP contribution is 2.33. The number of benzene rings is 3. The average molecular weight is 500 g/mol. The lowest BCUT2D eigenvalue weighted by Gasteiger charge is -2.25. The van der Waals surface area contributed by atoms with Crippen LogP contribution in [0.2, 0.25) is 0 Å². The summed E-state index contributed by atoms with van der Waals surface area (Å²) >= 11 is 0. The van der Waals surface area contributed by atoms with E-state index in [9.17, 15) is 20.0 Å². The molecule has 188 valence electrons. The van der Waals surface area contributed by atoms with Crippen LogP contribution < -0.4 is 5.32 Å². The summed E-state index contributed by atoms with van der Waals surface area (Å²) in [5.74, 6) is -0.237. The van der Waals surface area contributed by atoms with Gasteiger partial charge < -0.3 is 20.1 Å². The van der Waals surface area contributed by atoms with E-state index in [4.69, 9.17) is 9.73 Å². The molecule has 4 aromatic rings. The maximum absolute atomic E-state index is 12.4. The van der Waals surface area contributed by atoms with Crippen molar-refractivity contribution in [2.75, 3.05) is 38.2 Å². The number of nitrogens with zero attached hydrogens (tertiary/aromatic N) is 3. The number of aliphatic imine (C=N–C) groups is 1. The summed E-state index contributed by atoms with van der Waals surface area (Å²) in [6.45, 7) is 3.01. The topological polar surface area (TPSA) is 133 Å². The van der Waals surface area contributed by atoms with Gasteiger partial charge in [0.25, 0.3) is 5.69 Å². The predicted molar refractivity (Wildman–Crippen MR) is 141 cm³/mol. The maximum Gasteiger partial charge on any atom is 0.270 e. The number of hydrogen-bond donors (Lipinski definition) is 3. The number of ether oxygens (including phenoxy) is 1. The van der Waals surface area contributed by atoms with E-state index in [1.54, 1.807) is 30.3 Å². The summed E-state index contributed by atoms with van der Waals surface area (Å²) in [6, 6.07) is 20.7. The molecule has 37 heavy (non-hydrogen) atoms. The fourth-order valence-electron chi connectivity index (χ4n) is 4.29. The maximum atomic E-state index is 12.4. The first-order valence-corrected chi connectivity index (χ1v) is 11.8. The van der Waals surface area contributed by atoms with Gasteiger partial charge in [0.05, 0.1) is 41.6 Å². The van der Waals surface area contributed by atoms with Gasteiger partial charge in [0.15, 0.2) is 5.88 Å². The molecule has 0 radical (unpaired) electrons. The Morgan fingerprint density at radius 1 is 1.08 bits per heavy atom. The van der Waals surface area contributed by atoms with Gasteiger partial charge in [-0.05, 0) is 30.3 Å².